The summed E-state index contributed by atoms with van der Waals surface area (Å²) in [5.41, 5.74) is 0. The number of piperidine rings is 1. The highest BCUT2D eigenvalue weighted by atomic mass is 32.1. The smallest absolute Gasteiger partial charge is 0.0302 e. The summed E-state index contributed by atoms with van der Waals surface area (Å²) in [6.07, 6.45) is 3.87. The topological polar surface area (TPSA) is 15.3 Å². The number of aryl methyl sites for hydroxylation is 1. The van der Waals surface area contributed by atoms with Crippen LogP contribution in [-0.4, -0.2) is 30.6 Å². The summed E-state index contributed by atoms with van der Waals surface area (Å²) in [6.45, 7) is 11.7. The van der Waals surface area contributed by atoms with Gasteiger partial charge < -0.3 is 10.2 Å². The third-order valence-electron chi connectivity index (χ3n) is 4.45. The van der Waals surface area contributed by atoms with Gasteiger partial charge in [0.15, 0.2) is 0 Å². The quantitative estimate of drug-likeness (QED) is 0.857. The van der Waals surface area contributed by atoms with Crippen LogP contribution < -0.4 is 5.32 Å². The molecule has 3 heteroatoms. The Kier molecular flexibility index (Phi) is 5.86. The van der Waals surface area contributed by atoms with Crippen molar-refractivity contribution in [3.05, 3.63) is 21.9 Å². The lowest BCUT2D eigenvalue weighted by Gasteiger charge is -2.34. The van der Waals surface area contributed by atoms with Gasteiger partial charge in [0.25, 0.3) is 0 Å². The van der Waals surface area contributed by atoms with Crippen molar-refractivity contribution in [2.75, 3.05) is 19.6 Å². The van der Waals surface area contributed by atoms with Crippen LogP contribution in [0.15, 0.2) is 12.1 Å². The fourth-order valence-corrected chi connectivity index (χ4v) is 3.81. The average Bonchev–Trinajstić information content (AvgIpc) is 2.93. The maximum atomic E-state index is 3.73. The Bertz CT molecular complexity index is 367. The lowest BCUT2D eigenvalue weighted by atomic mass is 9.90. The minimum Gasteiger partial charge on any atom is -0.309 e. The second-order valence-electron chi connectivity index (χ2n) is 5.66. The first-order valence-corrected chi connectivity index (χ1v) is 8.57. The van der Waals surface area contributed by atoms with Crippen LogP contribution in [0.2, 0.25) is 0 Å². The number of thiophene rings is 1. The van der Waals surface area contributed by atoms with Gasteiger partial charge in [-0.2, -0.15) is 0 Å². The van der Waals surface area contributed by atoms with Gasteiger partial charge in [-0.05, 0) is 63.9 Å². The molecule has 0 radical (unpaired) electrons. The molecule has 0 saturated carbocycles. The molecule has 1 saturated heterocycles. The van der Waals surface area contributed by atoms with Crippen molar-refractivity contribution in [1.82, 2.24) is 10.2 Å². The zero-order valence-corrected chi connectivity index (χ0v) is 13.4. The predicted octanol–water partition coefficient (Wildman–Crippen LogP) is 3.52. The zero-order valence-electron chi connectivity index (χ0n) is 12.6. The van der Waals surface area contributed by atoms with Crippen LogP contribution in [0.1, 0.15) is 43.4 Å². The molecule has 1 aliphatic heterocycles. The molecule has 0 spiro atoms. The highest BCUT2D eigenvalue weighted by Crippen LogP contribution is 2.22. The van der Waals surface area contributed by atoms with Crippen molar-refractivity contribution < 1.29 is 0 Å². The van der Waals surface area contributed by atoms with Gasteiger partial charge in [0, 0.05) is 22.3 Å². The van der Waals surface area contributed by atoms with E-state index in [0.717, 1.165) is 18.9 Å². The Morgan fingerprint density at radius 3 is 2.53 bits per heavy atom. The molecule has 0 aromatic carbocycles. The van der Waals surface area contributed by atoms with Crippen LogP contribution in [0.5, 0.6) is 0 Å². The summed E-state index contributed by atoms with van der Waals surface area (Å²) in [4.78, 5) is 5.55. The molecule has 108 valence electrons. The lowest BCUT2D eigenvalue weighted by molar-refractivity contribution is 0.168. The van der Waals surface area contributed by atoms with E-state index in [4.69, 9.17) is 0 Å². The van der Waals surface area contributed by atoms with Crippen molar-refractivity contribution in [2.45, 2.75) is 52.6 Å². The Labute approximate surface area is 122 Å². The summed E-state index contributed by atoms with van der Waals surface area (Å²) in [5.74, 6) is 0.855. The molecule has 19 heavy (non-hydrogen) atoms. The van der Waals surface area contributed by atoms with Crippen molar-refractivity contribution in [2.24, 2.45) is 5.92 Å². The third-order valence-corrected chi connectivity index (χ3v) is 5.68. The molecule has 0 aliphatic carbocycles. The summed E-state index contributed by atoms with van der Waals surface area (Å²) in [7, 11) is 0. The SMILES string of the molecule is CCc1ccc(CNC(C)C2CCN(CC)CC2)s1. The van der Waals surface area contributed by atoms with E-state index in [9.17, 15) is 0 Å². The second-order valence-corrected chi connectivity index (χ2v) is 6.92. The van der Waals surface area contributed by atoms with Gasteiger partial charge in [-0.3, -0.25) is 0 Å². The molecule has 1 aliphatic rings. The predicted molar refractivity (Wildman–Crippen MR) is 84.8 cm³/mol. The molecule has 1 unspecified atom stereocenters. The number of likely N-dealkylation sites (tertiary alicyclic amines) is 1. The number of rotatable bonds is 6. The summed E-state index contributed by atoms with van der Waals surface area (Å²) in [6, 6.07) is 5.20. The Hall–Kier alpha value is -0.380. The molecule has 1 N–H and O–H groups in total. The molecule has 2 rings (SSSR count). The first-order valence-electron chi connectivity index (χ1n) is 7.76. The molecular weight excluding hydrogens is 252 g/mol. The van der Waals surface area contributed by atoms with Crippen molar-refractivity contribution in [3.63, 3.8) is 0 Å². The summed E-state index contributed by atoms with van der Waals surface area (Å²) < 4.78 is 0. The minimum absolute atomic E-state index is 0.645. The van der Waals surface area contributed by atoms with E-state index >= 15 is 0 Å². The van der Waals surface area contributed by atoms with Crippen LogP contribution in [0.3, 0.4) is 0 Å². The van der Waals surface area contributed by atoms with E-state index in [2.05, 4.69) is 43.1 Å². The molecule has 0 bridgehead atoms. The van der Waals surface area contributed by atoms with Gasteiger partial charge in [-0.25, -0.2) is 0 Å². The third kappa shape index (κ3) is 4.30. The first kappa shape index (κ1) is 15.0. The van der Waals surface area contributed by atoms with Gasteiger partial charge in [-0.15, -0.1) is 11.3 Å². The van der Waals surface area contributed by atoms with E-state index in [1.807, 2.05) is 11.3 Å². The summed E-state index contributed by atoms with van der Waals surface area (Å²) in [5, 5.41) is 3.73. The summed E-state index contributed by atoms with van der Waals surface area (Å²) >= 11 is 1.95. The molecule has 1 aromatic rings. The Morgan fingerprint density at radius 1 is 1.26 bits per heavy atom. The van der Waals surface area contributed by atoms with Gasteiger partial charge in [0.2, 0.25) is 0 Å². The molecule has 1 aromatic heterocycles. The van der Waals surface area contributed by atoms with Crippen LogP contribution in [0.25, 0.3) is 0 Å². The van der Waals surface area contributed by atoms with Crippen molar-refractivity contribution in [3.8, 4) is 0 Å². The standard InChI is InChI=1S/C16H28N2S/c1-4-15-6-7-16(19-15)12-17-13(3)14-8-10-18(5-2)11-9-14/h6-7,13-14,17H,4-5,8-12H2,1-3H3. The van der Waals surface area contributed by atoms with Crippen LogP contribution >= 0.6 is 11.3 Å². The van der Waals surface area contributed by atoms with Gasteiger partial charge >= 0.3 is 0 Å². The van der Waals surface area contributed by atoms with Crippen LogP contribution in [-0.2, 0) is 13.0 Å². The van der Waals surface area contributed by atoms with E-state index in [0.29, 0.717) is 6.04 Å². The zero-order chi connectivity index (χ0) is 13.7. The number of hydrogen-bond acceptors (Lipinski definition) is 3. The maximum Gasteiger partial charge on any atom is 0.0302 e. The van der Waals surface area contributed by atoms with E-state index in [-0.39, 0.29) is 0 Å². The number of nitrogens with one attached hydrogen (secondary N) is 1. The van der Waals surface area contributed by atoms with E-state index in [1.165, 1.54) is 42.2 Å². The van der Waals surface area contributed by atoms with Crippen molar-refractivity contribution >= 4 is 11.3 Å². The first-order chi connectivity index (χ1) is 9.22. The maximum absolute atomic E-state index is 3.73. The monoisotopic (exact) mass is 280 g/mol. The van der Waals surface area contributed by atoms with Gasteiger partial charge in [0.05, 0.1) is 0 Å². The van der Waals surface area contributed by atoms with Crippen LogP contribution in [0.4, 0.5) is 0 Å². The molecule has 0 amide bonds. The Balaban J connectivity index is 1.73. The normalized spacial score (nSPS) is 19.7. The van der Waals surface area contributed by atoms with E-state index in [1.54, 1.807) is 0 Å². The molecule has 1 fully saturated rings. The minimum atomic E-state index is 0.645. The van der Waals surface area contributed by atoms with E-state index < -0.39 is 0 Å². The van der Waals surface area contributed by atoms with Gasteiger partial charge in [-0.1, -0.05) is 13.8 Å². The average molecular weight is 280 g/mol. The molecule has 1 atom stereocenters. The lowest BCUT2D eigenvalue weighted by Crippen LogP contribution is -2.41. The fourth-order valence-electron chi connectivity index (χ4n) is 2.90. The van der Waals surface area contributed by atoms with Gasteiger partial charge in [0.1, 0.15) is 0 Å². The second kappa shape index (κ2) is 7.41. The largest absolute Gasteiger partial charge is 0.309 e. The molecule has 2 nitrogen and oxygen atoms in total. The highest BCUT2D eigenvalue weighted by molar-refractivity contribution is 7.11. The molecule has 2 heterocycles. The Morgan fingerprint density at radius 2 is 1.95 bits per heavy atom. The fraction of sp³-hybridized carbons (Fsp3) is 0.750. The highest BCUT2D eigenvalue weighted by Gasteiger charge is 2.22. The number of nitrogens with zero attached hydrogens (tertiary/aromatic N) is 1. The van der Waals surface area contributed by atoms with Crippen molar-refractivity contribution in [1.29, 1.82) is 0 Å². The van der Waals surface area contributed by atoms with Crippen LogP contribution in [0, 0.1) is 5.92 Å². The number of hydrogen-bond donors (Lipinski definition) is 1. The molecular formula is C16H28N2S.